The molecule has 48 heavy (non-hydrogen) atoms. The smallest absolute Gasteiger partial charge is 0.287 e. The fraction of sp³-hybridized carbons (Fsp3) is 0.629. The molecule has 5 atom stereocenters. The van der Waals surface area contributed by atoms with Gasteiger partial charge in [0.25, 0.3) is 17.4 Å². The Balaban J connectivity index is 1.46. The van der Waals surface area contributed by atoms with Crippen LogP contribution in [-0.2, 0) is 32.3 Å². The fourth-order valence-corrected chi connectivity index (χ4v) is 7.57. The average molecular weight is 666 g/mol. The predicted octanol–water partition coefficient (Wildman–Crippen LogP) is 3.03. The number of nitrogens with one attached hydrogen (secondary N) is 4. The standard InChI is InChI=1S/C35H51N7O6/c1-6-24-14-25-13-23(5)15-35(16-24,17-25)40-30(44)20-42-12-8-9-27(34(42)48)39-31(45)26(10-11-29(43)33(47)36-7-2)38-32(46)28-19-41(21-37-28)18-22(3)4/h8-9,12,19,21-26H,6-7,10-11,13-18,20H2,1-5H3,(H,36,47)(H,38,46)(H,39,45)(H,40,44). The van der Waals surface area contributed by atoms with Crippen molar-refractivity contribution in [1.29, 1.82) is 0 Å². The summed E-state index contributed by atoms with van der Waals surface area (Å²) in [6, 6.07) is 1.71. The number of amides is 4. The van der Waals surface area contributed by atoms with Crippen molar-refractivity contribution in [2.75, 3.05) is 11.9 Å². The minimum Gasteiger partial charge on any atom is -0.350 e. The molecule has 2 heterocycles. The Morgan fingerprint density at radius 3 is 2.56 bits per heavy atom. The minimum absolute atomic E-state index is 0.0814. The maximum Gasteiger partial charge on any atom is 0.287 e. The van der Waals surface area contributed by atoms with Crippen LogP contribution in [-0.4, -0.2) is 61.7 Å². The highest BCUT2D eigenvalue weighted by Gasteiger charge is 2.45. The van der Waals surface area contributed by atoms with E-state index in [4.69, 9.17) is 0 Å². The zero-order valence-corrected chi connectivity index (χ0v) is 28.8. The van der Waals surface area contributed by atoms with Crippen molar-refractivity contribution < 1.29 is 24.0 Å². The molecule has 0 saturated heterocycles. The van der Waals surface area contributed by atoms with Gasteiger partial charge in [0.1, 0.15) is 24.0 Å². The van der Waals surface area contributed by atoms with Gasteiger partial charge in [0.2, 0.25) is 17.6 Å². The molecule has 0 spiro atoms. The van der Waals surface area contributed by atoms with Crippen LogP contribution in [0, 0.1) is 23.7 Å². The third-order valence-corrected chi connectivity index (χ3v) is 9.39. The third kappa shape index (κ3) is 9.63. The van der Waals surface area contributed by atoms with Crippen LogP contribution in [0.3, 0.4) is 0 Å². The summed E-state index contributed by atoms with van der Waals surface area (Å²) in [5.74, 6) is -1.17. The summed E-state index contributed by atoms with van der Waals surface area (Å²) in [7, 11) is 0. The number of likely N-dealkylation sites (N-methyl/N-ethyl adjacent to an activating group) is 1. The quantitative estimate of drug-likeness (QED) is 0.212. The number of hydrogen-bond acceptors (Lipinski definition) is 7. The van der Waals surface area contributed by atoms with Crippen LogP contribution in [0.25, 0.3) is 0 Å². The Bertz CT molecular complexity index is 1540. The second kappa shape index (κ2) is 16.2. The van der Waals surface area contributed by atoms with Gasteiger partial charge in [0.15, 0.2) is 0 Å². The molecule has 2 aromatic heterocycles. The summed E-state index contributed by atoms with van der Waals surface area (Å²) in [4.78, 5) is 81.9. The van der Waals surface area contributed by atoms with Crippen LogP contribution < -0.4 is 26.8 Å². The van der Waals surface area contributed by atoms with E-state index in [1.807, 2.05) is 13.8 Å². The van der Waals surface area contributed by atoms with Gasteiger partial charge in [-0.05, 0) is 81.3 Å². The van der Waals surface area contributed by atoms with E-state index in [-0.39, 0.29) is 48.8 Å². The van der Waals surface area contributed by atoms with Gasteiger partial charge < -0.3 is 30.4 Å². The molecule has 2 aliphatic rings. The van der Waals surface area contributed by atoms with Crippen molar-refractivity contribution in [2.24, 2.45) is 23.7 Å². The summed E-state index contributed by atoms with van der Waals surface area (Å²) >= 11 is 0. The van der Waals surface area contributed by atoms with E-state index in [1.165, 1.54) is 36.0 Å². The Labute approximate surface area is 282 Å². The molecule has 0 aromatic carbocycles. The van der Waals surface area contributed by atoms with Crippen molar-refractivity contribution in [2.45, 2.75) is 111 Å². The van der Waals surface area contributed by atoms with Crippen molar-refractivity contribution in [3.8, 4) is 0 Å². The highest BCUT2D eigenvalue weighted by Crippen LogP contribution is 2.48. The topological polar surface area (TPSA) is 173 Å². The van der Waals surface area contributed by atoms with Gasteiger partial charge in [-0.1, -0.05) is 34.1 Å². The summed E-state index contributed by atoms with van der Waals surface area (Å²) in [6.07, 6.45) is 10.3. The number of hydrogen-bond donors (Lipinski definition) is 4. The molecule has 5 unspecified atom stereocenters. The molecule has 13 heteroatoms. The molecule has 13 nitrogen and oxygen atoms in total. The highest BCUT2D eigenvalue weighted by atomic mass is 16.2. The number of pyridine rings is 1. The zero-order valence-electron chi connectivity index (χ0n) is 28.8. The molecule has 2 fully saturated rings. The molecule has 2 aliphatic carbocycles. The first-order valence-corrected chi connectivity index (χ1v) is 17.3. The van der Waals surface area contributed by atoms with E-state index in [1.54, 1.807) is 23.8 Å². The summed E-state index contributed by atoms with van der Waals surface area (Å²) in [6.45, 7) is 10.9. The molecule has 2 aromatic rings. The fourth-order valence-electron chi connectivity index (χ4n) is 7.57. The number of fused-ring (bicyclic) bond motifs is 2. The lowest BCUT2D eigenvalue weighted by molar-refractivity contribution is -0.138. The van der Waals surface area contributed by atoms with Crippen LogP contribution >= 0.6 is 0 Å². The van der Waals surface area contributed by atoms with Gasteiger partial charge in [0.05, 0.1) is 6.33 Å². The molecule has 262 valence electrons. The highest BCUT2D eigenvalue weighted by molar-refractivity contribution is 6.36. The Morgan fingerprint density at radius 1 is 1.08 bits per heavy atom. The SMILES string of the molecule is CCNC(=O)C(=O)CCC(NC(=O)c1cn(CC(C)C)cn1)C(=O)Nc1cccn(CC(=O)NC23CC(C)CC(CC(CC)C2)C3)c1=O. The summed E-state index contributed by atoms with van der Waals surface area (Å²) in [5.41, 5.74) is -0.855. The molecule has 4 N–H and O–H groups in total. The van der Waals surface area contributed by atoms with E-state index < -0.39 is 35.1 Å². The molecular weight excluding hydrogens is 614 g/mol. The van der Waals surface area contributed by atoms with Crippen molar-refractivity contribution >= 4 is 35.1 Å². The number of carbonyl (C=O) groups is 5. The van der Waals surface area contributed by atoms with Crippen molar-refractivity contribution in [3.05, 3.63) is 46.9 Å². The monoisotopic (exact) mass is 665 g/mol. The predicted molar refractivity (Wildman–Crippen MR) is 181 cm³/mol. The lowest BCUT2D eigenvalue weighted by Gasteiger charge is -2.51. The normalized spacial score (nSPS) is 22.4. The van der Waals surface area contributed by atoms with Crippen molar-refractivity contribution in [3.63, 3.8) is 0 Å². The van der Waals surface area contributed by atoms with E-state index in [0.717, 1.165) is 25.7 Å². The molecular formula is C35H51N7O6. The molecule has 2 saturated carbocycles. The van der Waals surface area contributed by atoms with Crippen LogP contribution in [0.4, 0.5) is 5.69 Å². The van der Waals surface area contributed by atoms with Crippen LogP contribution in [0.1, 0.15) is 96.5 Å². The van der Waals surface area contributed by atoms with Gasteiger partial charge >= 0.3 is 0 Å². The molecule has 2 bridgehead atoms. The van der Waals surface area contributed by atoms with Gasteiger partial charge in [-0.15, -0.1) is 0 Å². The zero-order chi connectivity index (χ0) is 35.0. The number of rotatable bonds is 15. The second-order valence-corrected chi connectivity index (χ2v) is 14.2. The third-order valence-electron chi connectivity index (χ3n) is 9.39. The largest absolute Gasteiger partial charge is 0.350 e. The lowest BCUT2D eigenvalue weighted by Crippen LogP contribution is -2.57. The minimum atomic E-state index is -1.26. The number of anilines is 1. The first kappa shape index (κ1) is 36.5. The second-order valence-electron chi connectivity index (χ2n) is 14.2. The molecule has 0 aliphatic heterocycles. The van der Waals surface area contributed by atoms with Gasteiger partial charge in [-0.3, -0.25) is 28.8 Å². The first-order valence-electron chi connectivity index (χ1n) is 17.3. The maximum atomic E-state index is 13.5. The van der Waals surface area contributed by atoms with Crippen LogP contribution in [0.5, 0.6) is 0 Å². The number of carbonyl (C=O) groups excluding carboxylic acids is 5. The van der Waals surface area contributed by atoms with Crippen molar-refractivity contribution in [1.82, 2.24) is 30.1 Å². The van der Waals surface area contributed by atoms with Gasteiger partial charge in [0, 0.05) is 37.4 Å². The van der Waals surface area contributed by atoms with Gasteiger partial charge in [-0.2, -0.15) is 0 Å². The summed E-state index contributed by atoms with van der Waals surface area (Å²) in [5, 5.41) is 10.9. The summed E-state index contributed by atoms with van der Waals surface area (Å²) < 4.78 is 3.01. The number of nitrogens with zero attached hydrogens (tertiary/aromatic N) is 3. The number of aromatic nitrogens is 3. The Morgan fingerprint density at radius 2 is 1.85 bits per heavy atom. The van der Waals surface area contributed by atoms with E-state index in [9.17, 15) is 28.8 Å². The Kier molecular flexibility index (Phi) is 12.3. The van der Waals surface area contributed by atoms with Crippen LogP contribution in [0.2, 0.25) is 0 Å². The molecule has 0 radical (unpaired) electrons. The first-order chi connectivity index (χ1) is 22.8. The van der Waals surface area contributed by atoms with Gasteiger partial charge in [-0.25, -0.2) is 4.98 Å². The lowest BCUT2D eigenvalue weighted by atomic mass is 9.60. The number of Topliss-reactive ketones (excluding diaryl/α,β-unsaturated/α-hetero) is 1. The van der Waals surface area contributed by atoms with E-state index in [0.29, 0.717) is 30.2 Å². The average Bonchev–Trinajstić information content (AvgIpc) is 3.48. The van der Waals surface area contributed by atoms with Crippen LogP contribution in [0.15, 0.2) is 35.6 Å². The Hall–Kier alpha value is -4.29. The van der Waals surface area contributed by atoms with E-state index >= 15 is 0 Å². The molecule has 4 amide bonds. The van der Waals surface area contributed by atoms with E-state index in [2.05, 4.69) is 40.1 Å². The number of ketones is 1. The molecule has 4 rings (SSSR count). The number of imidazole rings is 1. The maximum absolute atomic E-state index is 13.5.